The number of phenols is 1. The molecule has 5 nitrogen and oxygen atoms in total. The number of fused-ring (bicyclic) bond motifs is 1. The molecule has 2 aromatic carbocycles. The zero-order valence-electron chi connectivity index (χ0n) is 15.2. The lowest BCUT2D eigenvalue weighted by Gasteiger charge is -2.18. The van der Waals surface area contributed by atoms with Gasteiger partial charge in [-0.3, -0.25) is 14.3 Å². The Morgan fingerprint density at radius 2 is 1.96 bits per heavy atom. The summed E-state index contributed by atoms with van der Waals surface area (Å²) in [7, 11) is 0. The normalized spacial score (nSPS) is 12.2. The summed E-state index contributed by atoms with van der Waals surface area (Å²) in [5, 5.41) is 10.5. The Bertz CT molecular complexity index is 1210. The zero-order valence-corrected chi connectivity index (χ0v) is 15.2. The second-order valence-electron chi connectivity index (χ2n) is 6.72. The molecule has 140 valence electrons. The highest BCUT2D eigenvalue weighted by Crippen LogP contribution is 2.29. The van der Waals surface area contributed by atoms with Gasteiger partial charge in [-0.25, -0.2) is 9.37 Å². The van der Waals surface area contributed by atoms with Gasteiger partial charge in [-0.05, 0) is 42.0 Å². The molecular weight excluding hydrogens is 357 g/mol. The van der Waals surface area contributed by atoms with Crippen molar-refractivity contribution in [2.45, 2.75) is 19.4 Å². The van der Waals surface area contributed by atoms with Gasteiger partial charge in [0.15, 0.2) is 0 Å². The number of aromatic hydroxyl groups is 1. The van der Waals surface area contributed by atoms with Crippen molar-refractivity contribution in [2.75, 3.05) is 0 Å². The third kappa shape index (κ3) is 3.24. The molecule has 28 heavy (non-hydrogen) atoms. The fraction of sp³-hybridized carbons (Fsp3) is 0.136. The molecule has 2 heterocycles. The molecule has 0 aliphatic carbocycles. The Labute approximate surface area is 160 Å². The first-order chi connectivity index (χ1) is 13.5. The maximum absolute atomic E-state index is 13.7. The second-order valence-corrected chi connectivity index (χ2v) is 6.72. The predicted octanol–water partition coefficient (Wildman–Crippen LogP) is 4.11. The lowest BCUT2D eigenvalue weighted by molar-refractivity contribution is 0.475. The fourth-order valence-electron chi connectivity index (χ4n) is 3.28. The van der Waals surface area contributed by atoms with Crippen LogP contribution >= 0.6 is 0 Å². The molecule has 0 aliphatic heterocycles. The van der Waals surface area contributed by atoms with Crippen LogP contribution in [0.1, 0.15) is 18.4 Å². The summed E-state index contributed by atoms with van der Waals surface area (Å²) in [6.07, 6.45) is 3.44. The first-order valence-corrected chi connectivity index (χ1v) is 8.93. The maximum Gasteiger partial charge on any atom is 0.261 e. The average molecular weight is 375 g/mol. The van der Waals surface area contributed by atoms with E-state index >= 15 is 0 Å². The molecule has 0 amide bonds. The van der Waals surface area contributed by atoms with Crippen LogP contribution < -0.4 is 5.56 Å². The number of benzene rings is 2. The van der Waals surface area contributed by atoms with E-state index in [1.54, 1.807) is 36.7 Å². The monoisotopic (exact) mass is 375 g/mol. The summed E-state index contributed by atoms with van der Waals surface area (Å²) in [5.41, 5.74) is 1.45. The van der Waals surface area contributed by atoms with Crippen molar-refractivity contribution in [3.8, 4) is 17.1 Å². The van der Waals surface area contributed by atoms with Gasteiger partial charge in [-0.15, -0.1) is 0 Å². The molecule has 0 saturated carbocycles. The maximum atomic E-state index is 13.7. The van der Waals surface area contributed by atoms with Crippen molar-refractivity contribution in [1.82, 2.24) is 14.5 Å². The van der Waals surface area contributed by atoms with Gasteiger partial charge >= 0.3 is 0 Å². The topological polar surface area (TPSA) is 68.0 Å². The molecule has 1 N–H and O–H groups in total. The molecule has 4 rings (SSSR count). The summed E-state index contributed by atoms with van der Waals surface area (Å²) in [6.45, 7) is 2.29. The molecule has 1 unspecified atom stereocenters. The van der Waals surface area contributed by atoms with Crippen LogP contribution in [-0.4, -0.2) is 19.6 Å². The molecule has 0 spiro atoms. The molecule has 4 aromatic rings. The van der Waals surface area contributed by atoms with Crippen LogP contribution in [-0.2, 0) is 6.54 Å². The van der Waals surface area contributed by atoms with Crippen molar-refractivity contribution < 1.29 is 9.50 Å². The highest BCUT2D eigenvalue weighted by Gasteiger charge is 2.18. The SMILES string of the molecule is CC(Cn1c(-c2ccccc2O)nc2ccc(F)cc2c1=O)c1cccnc1. The zero-order chi connectivity index (χ0) is 19.7. The van der Waals surface area contributed by atoms with Gasteiger partial charge in [0.25, 0.3) is 5.56 Å². The van der Waals surface area contributed by atoms with E-state index in [0.717, 1.165) is 5.56 Å². The number of phenolic OH excluding ortho intramolecular Hbond substituents is 1. The van der Waals surface area contributed by atoms with Gasteiger partial charge in [-0.2, -0.15) is 0 Å². The molecule has 0 radical (unpaired) electrons. The first-order valence-electron chi connectivity index (χ1n) is 8.93. The quantitative estimate of drug-likeness (QED) is 0.583. The van der Waals surface area contributed by atoms with Crippen molar-refractivity contribution in [1.29, 1.82) is 0 Å². The summed E-state index contributed by atoms with van der Waals surface area (Å²) in [6, 6.07) is 14.5. The molecule has 2 aromatic heterocycles. The highest BCUT2D eigenvalue weighted by molar-refractivity contribution is 5.80. The minimum atomic E-state index is -0.492. The van der Waals surface area contributed by atoms with E-state index in [4.69, 9.17) is 0 Å². The van der Waals surface area contributed by atoms with Crippen molar-refractivity contribution in [3.63, 3.8) is 0 Å². The van der Waals surface area contributed by atoms with Crippen molar-refractivity contribution in [3.05, 3.63) is 88.7 Å². The van der Waals surface area contributed by atoms with Gasteiger partial charge in [-0.1, -0.05) is 25.1 Å². The number of rotatable bonds is 4. The summed E-state index contributed by atoms with van der Waals surface area (Å²) < 4.78 is 15.2. The van der Waals surface area contributed by atoms with Crippen LogP contribution in [0.15, 0.2) is 71.8 Å². The smallest absolute Gasteiger partial charge is 0.261 e. The minimum Gasteiger partial charge on any atom is -0.507 e. The Kier molecular flexibility index (Phi) is 4.61. The molecule has 0 fully saturated rings. The average Bonchev–Trinajstić information content (AvgIpc) is 2.71. The van der Waals surface area contributed by atoms with Gasteiger partial charge in [0, 0.05) is 24.9 Å². The number of nitrogens with zero attached hydrogens (tertiary/aromatic N) is 3. The lowest BCUT2D eigenvalue weighted by atomic mass is 10.0. The number of halogens is 1. The summed E-state index contributed by atoms with van der Waals surface area (Å²) >= 11 is 0. The number of para-hydroxylation sites is 1. The van der Waals surface area contributed by atoms with Crippen LogP contribution in [0.3, 0.4) is 0 Å². The molecular formula is C22H18FN3O2. The van der Waals surface area contributed by atoms with Gasteiger partial charge in [0.1, 0.15) is 17.4 Å². The third-order valence-electron chi connectivity index (χ3n) is 4.77. The Hall–Kier alpha value is -3.54. The van der Waals surface area contributed by atoms with Crippen molar-refractivity contribution >= 4 is 10.9 Å². The Morgan fingerprint density at radius 1 is 1.14 bits per heavy atom. The fourth-order valence-corrected chi connectivity index (χ4v) is 3.28. The molecule has 1 atom stereocenters. The van der Waals surface area contributed by atoms with Crippen LogP contribution in [0.5, 0.6) is 5.75 Å². The Morgan fingerprint density at radius 3 is 2.71 bits per heavy atom. The second kappa shape index (κ2) is 7.23. The molecule has 0 aliphatic rings. The number of hydrogen-bond donors (Lipinski definition) is 1. The third-order valence-corrected chi connectivity index (χ3v) is 4.77. The van der Waals surface area contributed by atoms with E-state index in [2.05, 4.69) is 9.97 Å². The molecule has 6 heteroatoms. The van der Waals surface area contributed by atoms with Crippen molar-refractivity contribution in [2.24, 2.45) is 0 Å². The number of hydrogen-bond acceptors (Lipinski definition) is 4. The highest BCUT2D eigenvalue weighted by atomic mass is 19.1. The van der Waals surface area contributed by atoms with E-state index in [9.17, 15) is 14.3 Å². The van der Waals surface area contributed by atoms with E-state index in [1.165, 1.54) is 22.8 Å². The van der Waals surface area contributed by atoms with Crippen LogP contribution in [0.2, 0.25) is 0 Å². The van der Waals surface area contributed by atoms with Crippen LogP contribution in [0.4, 0.5) is 4.39 Å². The Balaban J connectivity index is 1.94. The van der Waals surface area contributed by atoms with Crippen LogP contribution in [0.25, 0.3) is 22.3 Å². The first kappa shape index (κ1) is 17.9. The molecule has 0 bridgehead atoms. The number of pyridine rings is 1. The summed E-state index contributed by atoms with van der Waals surface area (Å²) in [5.74, 6) is -0.158. The standard InChI is InChI=1S/C22H18FN3O2/c1-14(15-5-4-10-24-12-15)13-26-21(17-6-2-3-7-20(17)27)25-19-9-8-16(23)11-18(19)22(26)28/h2-12,14,27H,13H2,1H3. The van der Waals surface area contributed by atoms with Gasteiger partial charge < -0.3 is 5.11 Å². The van der Waals surface area contributed by atoms with E-state index in [-0.39, 0.29) is 22.6 Å². The summed E-state index contributed by atoms with van der Waals surface area (Å²) in [4.78, 5) is 21.9. The lowest BCUT2D eigenvalue weighted by Crippen LogP contribution is -2.26. The number of aromatic nitrogens is 3. The van der Waals surface area contributed by atoms with E-state index in [1.807, 2.05) is 19.1 Å². The predicted molar refractivity (Wildman–Crippen MR) is 106 cm³/mol. The largest absolute Gasteiger partial charge is 0.507 e. The van der Waals surface area contributed by atoms with E-state index in [0.29, 0.717) is 23.4 Å². The van der Waals surface area contributed by atoms with E-state index < -0.39 is 5.82 Å². The van der Waals surface area contributed by atoms with Gasteiger partial charge in [0.2, 0.25) is 0 Å². The van der Waals surface area contributed by atoms with Gasteiger partial charge in [0.05, 0.1) is 16.5 Å². The van der Waals surface area contributed by atoms with Crippen LogP contribution in [0, 0.1) is 5.82 Å². The minimum absolute atomic E-state index is 0.0265. The molecule has 0 saturated heterocycles.